The maximum absolute atomic E-state index is 13.4. The first-order valence-corrected chi connectivity index (χ1v) is 15.5. The molecule has 0 fully saturated rings. The van der Waals surface area contributed by atoms with Crippen LogP contribution in [0, 0.1) is 11.6 Å². The van der Waals surface area contributed by atoms with Crippen molar-refractivity contribution in [3.05, 3.63) is 130 Å². The summed E-state index contributed by atoms with van der Waals surface area (Å²) in [6.07, 6.45) is 7.79. The Hall–Kier alpha value is -4.97. The lowest BCUT2D eigenvalue weighted by atomic mass is 10.1. The summed E-state index contributed by atoms with van der Waals surface area (Å²) >= 11 is 1.37. The number of rotatable bonds is 13. The van der Waals surface area contributed by atoms with Crippen molar-refractivity contribution < 1.29 is 18.3 Å². The van der Waals surface area contributed by atoms with Gasteiger partial charge in [-0.05, 0) is 65.6 Å². The van der Waals surface area contributed by atoms with Gasteiger partial charge < -0.3 is 14.2 Å². The molecule has 9 nitrogen and oxygen atoms in total. The summed E-state index contributed by atoms with van der Waals surface area (Å²) in [5.41, 5.74) is 4.14. The third-order valence-corrected chi connectivity index (χ3v) is 8.23. The fourth-order valence-corrected chi connectivity index (χ4v) is 5.61. The predicted octanol–water partition coefficient (Wildman–Crippen LogP) is 5.70. The quantitative estimate of drug-likeness (QED) is 0.119. The van der Waals surface area contributed by atoms with Crippen LogP contribution in [0.5, 0.6) is 6.01 Å². The van der Waals surface area contributed by atoms with E-state index in [1.165, 1.54) is 43.1 Å². The van der Waals surface area contributed by atoms with Crippen LogP contribution in [0.1, 0.15) is 35.1 Å². The molecule has 0 bridgehead atoms. The van der Waals surface area contributed by atoms with Crippen LogP contribution in [0.15, 0.2) is 95.4 Å². The van der Waals surface area contributed by atoms with Gasteiger partial charge in [0.25, 0.3) is 5.56 Å². The number of aromatic nitrogens is 5. The fourth-order valence-electron chi connectivity index (χ4n) is 4.67. The van der Waals surface area contributed by atoms with Gasteiger partial charge in [-0.2, -0.15) is 4.98 Å². The van der Waals surface area contributed by atoms with Crippen LogP contribution in [-0.2, 0) is 30.1 Å². The summed E-state index contributed by atoms with van der Waals surface area (Å²) in [7, 11) is 3.23. The Morgan fingerprint density at radius 2 is 1.54 bits per heavy atom. The third-order valence-electron chi connectivity index (χ3n) is 7.17. The van der Waals surface area contributed by atoms with Gasteiger partial charge in [0.2, 0.25) is 5.91 Å². The van der Waals surface area contributed by atoms with Crippen LogP contribution in [0.4, 0.5) is 8.78 Å². The zero-order valence-electron chi connectivity index (χ0n) is 25.4. The number of halogens is 2. The van der Waals surface area contributed by atoms with Crippen LogP contribution < -0.4 is 10.3 Å². The lowest BCUT2D eigenvalue weighted by molar-refractivity contribution is -0.130. The molecule has 3 heterocycles. The predicted molar refractivity (Wildman–Crippen MR) is 171 cm³/mol. The lowest BCUT2D eigenvalue weighted by Crippen LogP contribution is -2.26. The Bertz CT molecular complexity index is 1820. The lowest BCUT2D eigenvalue weighted by Gasteiger charge is -2.18. The first-order valence-electron chi connectivity index (χ1n) is 14.5. The number of methoxy groups -OCH3 is 1. The molecule has 5 aromatic rings. The van der Waals surface area contributed by atoms with Crippen molar-refractivity contribution >= 4 is 17.7 Å². The van der Waals surface area contributed by atoms with Crippen molar-refractivity contribution in [2.24, 2.45) is 0 Å². The molecule has 0 aliphatic heterocycles. The minimum absolute atomic E-state index is 0.0345. The van der Waals surface area contributed by atoms with E-state index in [1.54, 1.807) is 61.0 Å². The number of carbonyl (C=O) groups is 1. The van der Waals surface area contributed by atoms with Crippen molar-refractivity contribution in [1.82, 2.24) is 29.4 Å². The van der Waals surface area contributed by atoms with Gasteiger partial charge in [-0.25, -0.2) is 18.7 Å². The number of pyridine rings is 1. The van der Waals surface area contributed by atoms with E-state index in [0.29, 0.717) is 36.0 Å². The summed E-state index contributed by atoms with van der Waals surface area (Å²) in [6, 6.07) is 16.3. The van der Waals surface area contributed by atoms with E-state index in [4.69, 9.17) is 4.74 Å². The number of ether oxygens (including phenoxy) is 1. The van der Waals surface area contributed by atoms with Gasteiger partial charge in [0.05, 0.1) is 12.8 Å². The van der Waals surface area contributed by atoms with Crippen LogP contribution in [0.25, 0.3) is 11.3 Å². The molecule has 12 heteroatoms. The van der Waals surface area contributed by atoms with Crippen molar-refractivity contribution in [2.75, 3.05) is 14.2 Å². The van der Waals surface area contributed by atoms with E-state index in [1.807, 2.05) is 16.7 Å². The average molecular weight is 643 g/mol. The van der Waals surface area contributed by atoms with E-state index in [0.717, 1.165) is 27.9 Å². The molecule has 0 atom stereocenters. The molecule has 0 saturated carbocycles. The van der Waals surface area contributed by atoms with Gasteiger partial charge >= 0.3 is 6.01 Å². The first-order chi connectivity index (χ1) is 22.3. The summed E-state index contributed by atoms with van der Waals surface area (Å²) in [4.78, 5) is 44.8. The highest BCUT2D eigenvalue weighted by molar-refractivity contribution is 7.98. The number of hydrogen-bond donors (Lipinski definition) is 0. The summed E-state index contributed by atoms with van der Waals surface area (Å²) in [5.74, 6) is -0.161. The van der Waals surface area contributed by atoms with Gasteiger partial charge in [-0.15, -0.1) is 0 Å². The summed E-state index contributed by atoms with van der Waals surface area (Å²) in [5, 5.41) is 0.511. The Labute approximate surface area is 269 Å². The maximum atomic E-state index is 13.4. The highest BCUT2D eigenvalue weighted by Gasteiger charge is 2.14. The molecular weight excluding hydrogens is 610 g/mol. The fraction of sp³-hybridized carbons (Fsp3) is 0.235. The molecule has 0 spiro atoms. The second-order valence-corrected chi connectivity index (χ2v) is 11.6. The minimum Gasteiger partial charge on any atom is -0.467 e. The molecular formula is C34H32F2N6O3S. The Balaban J connectivity index is 1.23. The number of carbonyl (C=O) groups excluding carboxylic acids is 1. The topological polar surface area (TPSA) is 103 Å². The number of nitrogens with zero attached hydrogens (tertiary/aromatic N) is 6. The number of hydrogen-bond acceptors (Lipinski definition) is 8. The number of thioether (sulfide) groups is 1. The molecule has 236 valence electrons. The van der Waals surface area contributed by atoms with Gasteiger partial charge in [-0.3, -0.25) is 14.6 Å². The average Bonchev–Trinajstić information content (AvgIpc) is 3.07. The molecule has 5 rings (SSSR count). The molecule has 46 heavy (non-hydrogen) atoms. The normalized spacial score (nSPS) is 11.0. The second kappa shape index (κ2) is 15.3. The van der Waals surface area contributed by atoms with Crippen LogP contribution >= 0.6 is 11.8 Å². The van der Waals surface area contributed by atoms with Crippen molar-refractivity contribution in [2.45, 2.75) is 43.3 Å². The smallest absolute Gasteiger partial charge is 0.316 e. The van der Waals surface area contributed by atoms with E-state index in [2.05, 4.69) is 19.9 Å². The van der Waals surface area contributed by atoms with E-state index < -0.39 is 0 Å². The Morgan fingerprint density at radius 3 is 2.20 bits per heavy atom. The zero-order valence-corrected chi connectivity index (χ0v) is 26.2. The van der Waals surface area contributed by atoms with E-state index in [-0.39, 0.29) is 42.0 Å². The first kappa shape index (κ1) is 32.4. The molecule has 1 amide bonds. The maximum Gasteiger partial charge on any atom is 0.316 e. The highest BCUT2D eigenvalue weighted by atomic mass is 32.2. The van der Waals surface area contributed by atoms with Crippen LogP contribution in [0.2, 0.25) is 0 Å². The SMILES string of the molecule is COc1ncc(Cc2cn(CCCC(=O)N(C)Cc3ccc(-c4ccc(F)cc4)nc3)c(SCc3ccc(F)cc3)nc2=O)cn1. The van der Waals surface area contributed by atoms with Crippen LogP contribution in [-0.4, -0.2) is 49.5 Å². The van der Waals surface area contributed by atoms with Gasteiger partial charge in [-0.1, -0.05) is 30.0 Å². The Morgan fingerprint density at radius 1 is 0.891 bits per heavy atom. The standard InChI is InChI=1S/C34H32F2N6O3S/c1-41(20-24-7-14-30(37-17-24)26-8-12-29(36)13-9-26)31(43)4-3-15-42-21-27(16-25-18-38-33(45-2)39-19-25)32(44)40-34(42)46-22-23-5-10-28(35)11-6-23/h5-14,17-19,21H,3-4,15-16,20,22H2,1-2H3. The molecule has 0 N–H and O–H groups in total. The van der Waals surface area contributed by atoms with E-state index in [9.17, 15) is 18.4 Å². The largest absolute Gasteiger partial charge is 0.467 e. The molecule has 0 aliphatic rings. The highest BCUT2D eigenvalue weighted by Crippen LogP contribution is 2.22. The second-order valence-electron chi connectivity index (χ2n) is 10.6. The van der Waals surface area contributed by atoms with Gasteiger partial charge in [0.15, 0.2) is 5.16 Å². The number of benzene rings is 2. The third kappa shape index (κ3) is 8.81. The molecule has 3 aromatic heterocycles. The van der Waals surface area contributed by atoms with Gasteiger partial charge in [0.1, 0.15) is 11.6 Å². The zero-order chi connectivity index (χ0) is 32.5. The van der Waals surface area contributed by atoms with Crippen molar-refractivity contribution in [1.29, 1.82) is 0 Å². The summed E-state index contributed by atoms with van der Waals surface area (Å²) < 4.78 is 33.5. The molecule has 0 saturated heterocycles. The molecule has 0 aliphatic carbocycles. The molecule has 0 unspecified atom stereocenters. The van der Waals surface area contributed by atoms with E-state index >= 15 is 0 Å². The molecule has 0 radical (unpaired) electrons. The van der Waals surface area contributed by atoms with Crippen LogP contribution in [0.3, 0.4) is 0 Å². The Kier molecular flexibility index (Phi) is 10.8. The molecule has 2 aromatic carbocycles. The van der Waals surface area contributed by atoms with Crippen molar-refractivity contribution in [3.63, 3.8) is 0 Å². The van der Waals surface area contributed by atoms with Crippen molar-refractivity contribution in [3.8, 4) is 17.3 Å². The minimum atomic E-state index is -0.358. The monoisotopic (exact) mass is 642 g/mol. The van der Waals surface area contributed by atoms with Gasteiger partial charge in [0, 0.05) is 74.6 Å². The number of amides is 1. The summed E-state index contributed by atoms with van der Waals surface area (Å²) in [6.45, 7) is 0.848. The number of aryl methyl sites for hydroxylation is 1.